The zero-order valence-electron chi connectivity index (χ0n) is 9.10. The molecule has 2 aliphatic rings. The highest BCUT2D eigenvalue weighted by molar-refractivity contribution is 5.96. The Morgan fingerprint density at radius 2 is 2.27 bits per heavy atom. The van der Waals surface area contributed by atoms with Gasteiger partial charge in [0.25, 0.3) is 0 Å². The number of ether oxygens (including phenoxy) is 1. The molecule has 3 unspecified atom stereocenters. The van der Waals surface area contributed by atoms with E-state index in [0.717, 1.165) is 0 Å². The van der Waals surface area contributed by atoms with Crippen molar-refractivity contribution in [2.24, 2.45) is 23.7 Å². The van der Waals surface area contributed by atoms with Gasteiger partial charge in [0, 0.05) is 11.8 Å². The Morgan fingerprint density at radius 3 is 2.73 bits per heavy atom. The molecule has 1 saturated carbocycles. The number of fused-ring (bicyclic) bond motifs is 2. The average molecular weight is 208 g/mol. The first-order chi connectivity index (χ1) is 7.09. The fourth-order valence-corrected chi connectivity index (χ4v) is 2.24. The highest BCUT2D eigenvalue weighted by Gasteiger charge is 2.47. The van der Waals surface area contributed by atoms with Crippen LogP contribution in [0.3, 0.4) is 0 Å². The summed E-state index contributed by atoms with van der Waals surface area (Å²) in [7, 11) is 0. The summed E-state index contributed by atoms with van der Waals surface area (Å²) in [5.74, 6) is -0.0957. The molecule has 0 aromatic carbocycles. The molecule has 3 nitrogen and oxygen atoms in total. The number of hydrogen-bond acceptors (Lipinski definition) is 3. The van der Waals surface area contributed by atoms with Crippen LogP contribution in [0.25, 0.3) is 0 Å². The molecule has 3 heteroatoms. The van der Waals surface area contributed by atoms with Crippen LogP contribution in [0.5, 0.6) is 0 Å². The van der Waals surface area contributed by atoms with Crippen LogP contribution in [0.1, 0.15) is 20.3 Å². The molecule has 0 heterocycles. The lowest BCUT2D eigenvalue weighted by Gasteiger charge is -2.16. The summed E-state index contributed by atoms with van der Waals surface area (Å²) in [5, 5.41) is 0. The normalized spacial score (nSPS) is 32.7. The zero-order chi connectivity index (χ0) is 11.0. The number of hydrogen-bond donors (Lipinski definition) is 0. The molecule has 15 heavy (non-hydrogen) atoms. The van der Waals surface area contributed by atoms with Crippen molar-refractivity contribution in [3.05, 3.63) is 12.2 Å². The summed E-state index contributed by atoms with van der Waals surface area (Å²) < 4.78 is 5.16. The van der Waals surface area contributed by atoms with E-state index < -0.39 is 0 Å². The van der Waals surface area contributed by atoms with Crippen LogP contribution in [-0.2, 0) is 14.3 Å². The highest BCUT2D eigenvalue weighted by Crippen LogP contribution is 2.41. The smallest absolute Gasteiger partial charge is 0.310 e. The molecule has 0 aromatic heterocycles. The molecule has 2 aliphatic carbocycles. The summed E-state index contributed by atoms with van der Waals surface area (Å²) in [6, 6.07) is 0. The number of rotatable bonds is 3. The van der Waals surface area contributed by atoms with Gasteiger partial charge in [0.1, 0.15) is 5.78 Å². The average Bonchev–Trinajstić information content (AvgIpc) is 2.71. The topological polar surface area (TPSA) is 43.4 Å². The van der Waals surface area contributed by atoms with Gasteiger partial charge in [-0.05, 0) is 12.3 Å². The fraction of sp³-hybridized carbons (Fsp3) is 0.667. The molecule has 0 spiro atoms. The number of ketones is 1. The predicted molar refractivity (Wildman–Crippen MR) is 55.0 cm³/mol. The molecule has 0 amide bonds. The Morgan fingerprint density at radius 1 is 1.53 bits per heavy atom. The van der Waals surface area contributed by atoms with E-state index in [1.807, 2.05) is 26.0 Å². The Bertz CT molecular complexity index is 317. The summed E-state index contributed by atoms with van der Waals surface area (Å²) in [4.78, 5) is 23.2. The first-order valence-electron chi connectivity index (χ1n) is 5.48. The van der Waals surface area contributed by atoms with Crippen LogP contribution < -0.4 is 0 Å². The fourth-order valence-electron chi connectivity index (χ4n) is 2.24. The molecule has 0 radical (unpaired) electrons. The molecule has 0 aromatic rings. The van der Waals surface area contributed by atoms with E-state index in [1.54, 1.807) is 0 Å². The molecule has 0 aliphatic heterocycles. The van der Waals surface area contributed by atoms with E-state index in [9.17, 15) is 9.59 Å². The maximum Gasteiger partial charge on any atom is 0.310 e. The number of Topliss-reactive ketones (excluding diaryl/α,β-unsaturated/α-hetero) is 1. The maximum atomic E-state index is 11.7. The van der Waals surface area contributed by atoms with Gasteiger partial charge in [0.05, 0.1) is 12.5 Å². The van der Waals surface area contributed by atoms with Crippen molar-refractivity contribution >= 4 is 11.8 Å². The van der Waals surface area contributed by atoms with Crippen LogP contribution in [0.2, 0.25) is 0 Å². The maximum absolute atomic E-state index is 11.7. The molecular formula is C12H16O3. The molecule has 82 valence electrons. The lowest BCUT2D eigenvalue weighted by molar-refractivity contribution is -0.151. The van der Waals surface area contributed by atoms with Gasteiger partial charge in [-0.2, -0.15) is 0 Å². The van der Waals surface area contributed by atoms with Crippen LogP contribution in [0, 0.1) is 23.7 Å². The molecule has 0 N–H and O–H groups in total. The monoisotopic (exact) mass is 208 g/mol. The highest BCUT2D eigenvalue weighted by atomic mass is 16.5. The van der Waals surface area contributed by atoms with Crippen LogP contribution in [0.4, 0.5) is 0 Å². The van der Waals surface area contributed by atoms with E-state index in [0.29, 0.717) is 18.9 Å². The quantitative estimate of drug-likeness (QED) is 0.522. The summed E-state index contributed by atoms with van der Waals surface area (Å²) in [6.45, 7) is 4.45. The van der Waals surface area contributed by atoms with Crippen molar-refractivity contribution in [3.8, 4) is 0 Å². The van der Waals surface area contributed by atoms with Crippen molar-refractivity contribution in [1.82, 2.24) is 0 Å². The SMILES string of the molecule is CC(C)COC(=O)C1CC2C=CC1C2=O. The minimum atomic E-state index is -0.216. The summed E-state index contributed by atoms with van der Waals surface area (Å²) >= 11 is 0. The van der Waals surface area contributed by atoms with Crippen molar-refractivity contribution in [3.63, 3.8) is 0 Å². The van der Waals surface area contributed by atoms with Gasteiger partial charge in [-0.3, -0.25) is 9.59 Å². The van der Waals surface area contributed by atoms with E-state index in [4.69, 9.17) is 4.74 Å². The third-order valence-corrected chi connectivity index (χ3v) is 3.05. The van der Waals surface area contributed by atoms with Gasteiger partial charge >= 0.3 is 5.97 Å². The van der Waals surface area contributed by atoms with E-state index in [1.165, 1.54) is 0 Å². The molecule has 0 saturated heterocycles. The van der Waals surface area contributed by atoms with Gasteiger partial charge in [0.15, 0.2) is 0 Å². The van der Waals surface area contributed by atoms with Gasteiger partial charge < -0.3 is 4.74 Å². The van der Waals surface area contributed by atoms with Crippen LogP contribution in [0.15, 0.2) is 12.2 Å². The van der Waals surface area contributed by atoms with Crippen molar-refractivity contribution in [2.75, 3.05) is 6.61 Å². The second-order valence-corrected chi connectivity index (χ2v) is 4.79. The molecule has 3 atom stereocenters. The Hall–Kier alpha value is -1.12. The lowest BCUT2D eigenvalue weighted by atomic mass is 9.94. The Labute approximate surface area is 89.5 Å². The van der Waals surface area contributed by atoms with Gasteiger partial charge in [-0.1, -0.05) is 26.0 Å². The summed E-state index contributed by atoms with van der Waals surface area (Å²) in [6.07, 6.45) is 4.42. The van der Waals surface area contributed by atoms with Crippen LogP contribution >= 0.6 is 0 Å². The first-order valence-corrected chi connectivity index (χ1v) is 5.48. The van der Waals surface area contributed by atoms with Crippen molar-refractivity contribution in [2.45, 2.75) is 20.3 Å². The van der Waals surface area contributed by atoms with Gasteiger partial charge in [-0.25, -0.2) is 0 Å². The summed E-state index contributed by atoms with van der Waals surface area (Å²) in [5.41, 5.74) is 0. The molecular weight excluding hydrogens is 192 g/mol. The zero-order valence-corrected chi connectivity index (χ0v) is 9.10. The molecule has 1 fully saturated rings. The minimum absolute atomic E-state index is 0.0217. The molecule has 2 bridgehead atoms. The second-order valence-electron chi connectivity index (χ2n) is 4.79. The number of carbonyl (C=O) groups is 2. The number of esters is 1. The number of allylic oxidation sites excluding steroid dienone is 2. The first kappa shape index (κ1) is 10.4. The molecule has 2 rings (SSSR count). The van der Waals surface area contributed by atoms with Crippen molar-refractivity contribution < 1.29 is 14.3 Å². The van der Waals surface area contributed by atoms with Crippen molar-refractivity contribution in [1.29, 1.82) is 0 Å². The largest absolute Gasteiger partial charge is 0.465 e. The van der Waals surface area contributed by atoms with Gasteiger partial charge in [-0.15, -0.1) is 0 Å². The Balaban J connectivity index is 1.93. The number of carbonyl (C=O) groups excluding carboxylic acids is 2. The minimum Gasteiger partial charge on any atom is -0.465 e. The third-order valence-electron chi connectivity index (χ3n) is 3.05. The van der Waals surface area contributed by atoms with E-state index in [-0.39, 0.29) is 29.5 Å². The van der Waals surface area contributed by atoms with E-state index >= 15 is 0 Å². The van der Waals surface area contributed by atoms with E-state index in [2.05, 4.69) is 0 Å². The van der Waals surface area contributed by atoms with Crippen LogP contribution in [-0.4, -0.2) is 18.4 Å². The Kier molecular flexibility index (Phi) is 2.63. The standard InChI is InChI=1S/C12H16O3/c1-7(2)6-15-12(14)10-5-8-3-4-9(10)11(8)13/h3-4,7-10H,5-6H2,1-2H3. The second kappa shape index (κ2) is 3.80. The van der Waals surface area contributed by atoms with Gasteiger partial charge in [0.2, 0.25) is 0 Å². The third kappa shape index (κ3) is 1.83. The lowest BCUT2D eigenvalue weighted by Crippen LogP contribution is -2.24. The predicted octanol–water partition coefficient (Wildman–Crippen LogP) is 1.58.